The highest BCUT2D eigenvalue weighted by atomic mass is 35.5. The summed E-state index contributed by atoms with van der Waals surface area (Å²) in [6.45, 7) is 0. The predicted molar refractivity (Wildman–Crippen MR) is 97.1 cm³/mol. The van der Waals surface area contributed by atoms with E-state index >= 15 is 0 Å². The highest BCUT2D eigenvalue weighted by Gasteiger charge is 2.12. The minimum Gasteiger partial charge on any atom is -0.275 e. The van der Waals surface area contributed by atoms with E-state index < -0.39 is 0 Å². The number of hydrogen-bond acceptors (Lipinski definition) is 5. The third-order valence-corrected chi connectivity index (χ3v) is 4.38. The summed E-state index contributed by atoms with van der Waals surface area (Å²) in [7, 11) is 0. The molecule has 2 aromatic carbocycles. The van der Waals surface area contributed by atoms with Crippen LogP contribution < -0.4 is 5.43 Å². The molecule has 0 unspecified atom stereocenters. The number of nitrogens with one attached hydrogen (secondary N) is 1. The lowest BCUT2D eigenvalue weighted by molar-refractivity contribution is 1.28. The Labute approximate surface area is 151 Å². The Hall–Kier alpha value is -1.66. The van der Waals surface area contributed by atoms with Crippen LogP contribution in [0.25, 0.3) is 0 Å². The van der Waals surface area contributed by atoms with Crippen molar-refractivity contribution < 1.29 is 0 Å². The molecule has 3 rings (SSSR count). The first-order chi connectivity index (χ1) is 11.1. The fraction of sp³-hybridized carbons (Fsp3) is 0. The molecule has 23 heavy (non-hydrogen) atoms. The maximum atomic E-state index is 6.16. The van der Waals surface area contributed by atoms with Gasteiger partial charge in [-0.1, -0.05) is 65.1 Å². The van der Waals surface area contributed by atoms with Crippen LogP contribution in [0, 0.1) is 0 Å². The zero-order valence-corrected chi connectivity index (χ0v) is 14.6. The van der Waals surface area contributed by atoms with Crippen molar-refractivity contribution in [2.45, 2.75) is 0 Å². The second kappa shape index (κ2) is 7.27. The van der Waals surface area contributed by atoms with E-state index in [2.05, 4.69) is 19.9 Å². The second-order valence-electron chi connectivity index (χ2n) is 4.43. The normalized spacial score (nSPS) is 11.5. The van der Waals surface area contributed by atoms with Crippen molar-refractivity contribution >= 4 is 57.7 Å². The number of hydrogen-bond donors (Lipinski definition) is 1. The van der Waals surface area contributed by atoms with Crippen LogP contribution in [0.3, 0.4) is 0 Å². The van der Waals surface area contributed by atoms with Gasteiger partial charge in [0.1, 0.15) is 12.0 Å². The number of halogens is 3. The van der Waals surface area contributed by atoms with Crippen LogP contribution in [0.15, 0.2) is 53.9 Å². The zero-order chi connectivity index (χ0) is 16.2. The third-order valence-electron chi connectivity index (χ3n) is 2.90. The fourth-order valence-corrected chi connectivity index (χ4v) is 3.31. The van der Waals surface area contributed by atoms with Crippen LogP contribution >= 0.6 is 46.3 Å². The summed E-state index contributed by atoms with van der Waals surface area (Å²) in [5.41, 5.74) is 4.93. The Morgan fingerprint density at radius 3 is 2.35 bits per heavy atom. The molecule has 0 fully saturated rings. The van der Waals surface area contributed by atoms with Gasteiger partial charge < -0.3 is 0 Å². The van der Waals surface area contributed by atoms with Crippen molar-refractivity contribution in [1.82, 2.24) is 9.36 Å². The standard InChI is InChI=1S/C15H9Cl3N4S/c16-10-6-11(17)14(12(18)7-10)22-21-13(15-19-8-20-23-15)9-4-2-1-3-5-9/h1-8,22H/b21-13-. The molecule has 0 saturated heterocycles. The van der Waals surface area contributed by atoms with Crippen LogP contribution in [0.5, 0.6) is 0 Å². The number of nitrogens with zero attached hydrogens (tertiary/aromatic N) is 3. The van der Waals surface area contributed by atoms with Crippen LogP contribution in [0.1, 0.15) is 10.6 Å². The predicted octanol–water partition coefficient (Wildman–Crippen LogP) is 5.36. The van der Waals surface area contributed by atoms with Crippen molar-refractivity contribution in [3.63, 3.8) is 0 Å². The van der Waals surface area contributed by atoms with Gasteiger partial charge in [-0.15, -0.1) is 0 Å². The molecule has 0 saturated carbocycles. The summed E-state index contributed by atoms with van der Waals surface area (Å²) in [6.07, 6.45) is 1.49. The molecule has 0 spiro atoms. The van der Waals surface area contributed by atoms with Crippen molar-refractivity contribution in [3.05, 3.63) is 74.4 Å². The van der Waals surface area contributed by atoms with E-state index in [4.69, 9.17) is 34.8 Å². The molecule has 4 nitrogen and oxygen atoms in total. The molecule has 0 atom stereocenters. The zero-order valence-electron chi connectivity index (χ0n) is 11.5. The molecule has 116 valence electrons. The van der Waals surface area contributed by atoms with Crippen LogP contribution in [0.4, 0.5) is 5.69 Å². The van der Waals surface area contributed by atoms with Gasteiger partial charge in [-0.2, -0.15) is 9.47 Å². The quantitative estimate of drug-likeness (QED) is 0.487. The topological polar surface area (TPSA) is 50.2 Å². The van der Waals surface area contributed by atoms with Crippen LogP contribution in [-0.4, -0.2) is 15.1 Å². The number of rotatable bonds is 4. The molecule has 1 aromatic heterocycles. The summed E-state index contributed by atoms with van der Waals surface area (Å²) < 4.78 is 4.02. The highest BCUT2D eigenvalue weighted by Crippen LogP contribution is 2.33. The lowest BCUT2D eigenvalue weighted by Gasteiger charge is -2.09. The smallest absolute Gasteiger partial charge is 0.164 e. The van der Waals surface area contributed by atoms with Gasteiger partial charge >= 0.3 is 0 Å². The van der Waals surface area contributed by atoms with E-state index in [1.807, 2.05) is 30.3 Å². The molecule has 0 aliphatic heterocycles. The van der Waals surface area contributed by atoms with Gasteiger partial charge in [0, 0.05) is 10.6 Å². The number of anilines is 1. The molecule has 0 bridgehead atoms. The van der Waals surface area contributed by atoms with E-state index in [1.165, 1.54) is 17.9 Å². The molecule has 0 radical (unpaired) electrons. The minimum atomic E-state index is 0.385. The Morgan fingerprint density at radius 2 is 1.74 bits per heavy atom. The second-order valence-corrected chi connectivity index (χ2v) is 6.46. The maximum Gasteiger partial charge on any atom is 0.164 e. The summed E-state index contributed by atoms with van der Waals surface area (Å²) in [6, 6.07) is 12.9. The van der Waals surface area contributed by atoms with E-state index in [1.54, 1.807) is 12.1 Å². The average Bonchev–Trinajstić information content (AvgIpc) is 3.05. The first-order valence-corrected chi connectivity index (χ1v) is 8.36. The van der Waals surface area contributed by atoms with Gasteiger partial charge in [0.15, 0.2) is 5.01 Å². The van der Waals surface area contributed by atoms with Crippen molar-refractivity contribution in [1.29, 1.82) is 0 Å². The summed E-state index contributed by atoms with van der Waals surface area (Å²) in [4.78, 5) is 4.21. The van der Waals surface area contributed by atoms with Crippen LogP contribution in [-0.2, 0) is 0 Å². The maximum absolute atomic E-state index is 6.16. The van der Waals surface area contributed by atoms with Gasteiger partial charge in [-0.05, 0) is 23.7 Å². The monoisotopic (exact) mass is 382 g/mol. The number of hydrazone groups is 1. The van der Waals surface area contributed by atoms with Crippen LogP contribution in [0.2, 0.25) is 15.1 Å². The largest absolute Gasteiger partial charge is 0.275 e. The Balaban J connectivity index is 2.00. The van der Waals surface area contributed by atoms with Crippen molar-refractivity contribution in [2.24, 2.45) is 5.10 Å². The lowest BCUT2D eigenvalue weighted by Crippen LogP contribution is -2.06. The summed E-state index contributed by atoms with van der Waals surface area (Å²) in [5.74, 6) is 0. The average molecular weight is 384 g/mol. The minimum absolute atomic E-state index is 0.385. The van der Waals surface area contributed by atoms with E-state index in [0.29, 0.717) is 31.5 Å². The molecular weight excluding hydrogens is 375 g/mol. The molecule has 0 aliphatic rings. The Kier molecular flexibility index (Phi) is 5.13. The van der Waals surface area contributed by atoms with Crippen molar-refractivity contribution in [3.8, 4) is 0 Å². The molecule has 1 N–H and O–H groups in total. The fourth-order valence-electron chi connectivity index (χ4n) is 1.87. The van der Waals surface area contributed by atoms with Gasteiger partial charge in [0.25, 0.3) is 0 Å². The van der Waals surface area contributed by atoms with Gasteiger partial charge in [-0.3, -0.25) is 5.43 Å². The van der Waals surface area contributed by atoms with E-state index in [-0.39, 0.29) is 0 Å². The van der Waals surface area contributed by atoms with Gasteiger partial charge in [0.05, 0.1) is 15.7 Å². The van der Waals surface area contributed by atoms with Gasteiger partial charge in [0.2, 0.25) is 0 Å². The SMILES string of the molecule is Clc1cc(Cl)c(N/N=C(/c2ccccc2)c2ncns2)c(Cl)c1. The lowest BCUT2D eigenvalue weighted by atomic mass is 10.1. The van der Waals surface area contributed by atoms with E-state index in [9.17, 15) is 0 Å². The number of benzene rings is 2. The number of aromatic nitrogens is 2. The Bertz CT molecular complexity index is 812. The first kappa shape index (κ1) is 16.2. The highest BCUT2D eigenvalue weighted by molar-refractivity contribution is 7.07. The molecule has 0 aliphatic carbocycles. The Morgan fingerprint density at radius 1 is 1.04 bits per heavy atom. The van der Waals surface area contributed by atoms with Gasteiger partial charge in [-0.25, -0.2) is 4.98 Å². The summed E-state index contributed by atoms with van der Waals surface area (Å²) in [5, 5.41) is 6.34. The first-order valence-electron chi connectivity index (χ1n) is 6.46. The molecule has 1 heterocycles. The van der Waals surface area contributed by atoms with E-state index in [0.717, 1.165) is 5.56 Å². The van der Waals surface area contributed by atoms with Crippen molar-refractivity contribution in [2.75, 3.05) is 5.43 Å². The molecular formula is C15H9Cl3N4S. The molecule has 3 aromatic rings. The third kappa shape index (κ3) is 3.82. The summed E-state index contributed by atoms with van der Waals surface area (Å²) >= 11 is 19.5. The molecule has 8 heteroatoms. The molecule has 0 amide bonds.